The summed E-state index contributed by atoms with van der Waals surface area (Å²) < 4.78 is 29.4. The van der Waals surface area contributed by atoms with E-state index in [1.54, 1.807) is 32.4 Å². The number of ether oxygens (including phenoxy) is 2. The number of nitrogens with one attached hydrogen (secondary N) is 2. The first-order valence-corrected chi connectivity index (χ1v) is 10.2. The Labute approximate surface area is 183 Å². The van der Waals surface area contributed by atoms with Gasteiger partial charge >= 0.3 is 0 Å². The Morgan fingerprint density at radius 3 is 2.56 bits per heavy atom. The normalized spacial score (nSPS) is 19.9. The van der Waals surface area contributed by atoms with Gasteiger partial charge in [-0.25, -0.2) is 9.02 Å². The number of para-hydroxylation sites is 1. The molecule has 0 amide bonds. The van der Waals surface area contributed by atoms with E-state index in [9.17, 15) is 9.18 Å². The highest BCUT2D eigenvalue weighted by Gasteiger charge is 2.38. The third-order valence-electron chi connectivity index (χ3n) is 5.92. The number of carbonyl (C=O) groups excluding carboxylic acids is 1. The lowest BCUT2D eigenvalue weighted by molar-refractivity contribution is -0.116. The highest BCUT2D eigenvalue weighted by atomic mass is 19.1. The number of rotatable bonds is 4. The number of aromatic nitrogens is 2. The first-order valence-electron chi connectivity index (χ1n) is 10.2. The molecule has 5 rings (SSSR count). The van der Waals surface area contributed by atoms with Crippen molar-refractivity contribution in [1.82, 2.24) is 10.3 Å². The van der Waals surface area contributed by atoms with Crippen LogP contribution in [-0.4, -0.2) is 30.3 Å². The molecule has 0 saturated heterocycles. The molecular formula is C23H21FN4O4. The topological polar surface area (TPSA) is 98.5 Å². The second-order valence-electron chi connectivity index (χ2n) is 7.72. The summed E-state index contributed by atoms with van der Waals surface area (Å²) in [4.78, 5) is 13.5. The molecule has 0 unspecified atom stereocenters. The first-order chi connectivity index (χ1) is 15.6. The van der Waals surface area contributed by atoms with Gasteiger partial charge in [0, 0.05) is 23.3 Å². The van der Waals surface area contributed by atoms with Crippen LogP contribution in [0.3, 0.4) is 0 Å². The number of fused-ring (bicyclic) bond motifs is 1. The lowest BCUT2D eigenvalue weighted by atomic mass is 9.78. The standard InChI is InChI=1S/C23H21FN4O4/c1-30-18-5-3-4-15(21(18)31-2)20-19-16(25-22-23(26-20)28-32-27-22)10-13(11-17(19)29)12-6-8-14(24)9-7-12/h3-9,13,20H,10-11H2,1-2H3,(H,25,27)(H,26,28)/t13-,20+/m0/s1. The van der Waals surface area contributed by atoms with Crippen molar-refractivity contribution < 1.29 is 23.3 Å². The van der Waals surface area contributed by atoms with Crippen LogP contribution in [0.25, 0.3) is 0 Å². The fourth-order valence-corrected chi connectivity index (χ4v) is 4.44. The van der Waals surface area contributed by atoms with Crippen LogP contribution in [0, 0.1) is 5.82 Å². The smallest absolute Gasteiger partial charge is 0.219 e. The largest absolute Gasteiger partial charge is 0.493 e. The molecule has 3 aromatic rings. The van der Waals surface area contributed by atoms with Gasteiger partial charge in [0.15, 0.2) is 17.3 Å². The summed E-state index contributed by atoms with van der Waals surface area (Å²) in [6.45, 7) is 0. The Balaban J connectivity index is 1.63. The van der Waals surface area contributed by atoms with Crippen LogP contribution in [-0.2, 0) is 4.79 Å². The molecule has 2 aromatic carbocycles. The van der Waals surface area contributed by atoms with Crippen LogP contribution >= 0.6 is 0 Å². The van der Waals surface area contributed by atoms with E-state index in [4.69, 9.17) is 14.1 Å². The van der Waals surface area contributed by atoms with Gasteiger partial charge in [0.25, 0.3) is 0 Å². The van der Waals surface area contributed by atoms with Gasteiger partial charge in [0.05, 0.1) is 20.3 Å². The summed E-state index contributed by atoms with van der Waals surface area (Å²) in [5.41, 5.74) is 2.92. The Morgan fingerprint density at radius 2 is 1.81 bits per heavy atom. The van der Waals surface area contributed by atoms with E-state index < -0.39 is 6.04 Å². The number of hydrogen-bond donors (Lipinski definition) is 2. The van der Waals surface area contributed by atoms with E-state index >= 15 is 0 Å². The molecule has 2 N–H and O–H groups in total. The number of nitrogens with zero attached hydrogens (tertiary/aromatic N) is 2. The zero-order valence-electron chi connectivity index (χ0n) is 17.5. The number of Topliss-reactive ketones (excluding diaryl/α,β-unsaturated/α-hetero) is 1. The van der Waals surface area contributed by atoms with Crippen molar-refractivity contribution in [2.45, 2.75) is 24.8 Å². The monoisotopic (exact) mass is 436 g/mol. The third-order valence-corrected chi connectivity index (χ3v) is 5.92. The van der Waals surface area contributed by atoms with Crippen LogP contribution in [0.5, 0.6) is 11.5 Å². The molecule has 0 bridgehead atoms. The molecule has 0 fully saturated rings. The van der Waals surface area contributed by atoms with Crippen molar-refractivity contribution in [3.63, 3.8) is 0 Å². The molecule has 1 aliphatic heterocycles. The maximum absolute atomic E-state index is 13.5. The summed E-state index contributed by atoms with van der Waals surface area (Å²) >= 11 is 0. The quantitative estimate of drug-likeness (QED) is 0.628. The van der Waals surface area contributed by atoms with E-state index in [0.717, 1.165) is 11.1 Å². The lowest BCUT2D eigenvalue weighted by Gasteiger charge is -2.30. The van der Waals surface area contributed by atoms with Crippen LogP contribution in [0.2, 0.25) is 0 Å². The van der Waals surface area contributed by atoms with Crippen LogP contribution in [0.15, 0.2) is 58.4 Å². The van der Waals surface area contributed by atoms with E-state index in [-0.39, 0.29) is 17.5 Å². The van der Waals surface area contributed by atoms with Crippen LogP contribution < -0.4 is 20.1 Å². The predicted octanol–water partition coefficient (Wildman–Crippen LogP) is 4.21. The molecule has 1 aliphatic carbocycles. The molecule has 8 nitrogen and oxygen atoms in total. The van der Waals surface area contributed by atoms with E-state index in [0.29, 0.717) is 47.2 Å². The van der Waals surface area contributed by atoms with Crippen molar-refractivity contribution in [3.05, 3.63) is 70.7 Å². The van der Waals surface area contributed by atoms with Crippen molar-refractivity contribution in [1.29, 1.82) is 0 Å². The number of methoxy groups -OCH3 is 2. The first kappa shape index (κ1) is 20.0. The summed E-state index contributed by atoms with van der Waals surface area (Å²) in [5, 5.41) is 14.4. The minimum Gasteiger partial charge on any atom is -0.493 e. The molecule has 2 heterocycles. The van der Waals surface area contributed by atoms with E-state index in [1.807, 2.05) is 12.1 Å². The SMILES string of the molecule is COc1cccc([C@H]2Nc3nonc3NC3=C2C(=O)C[C@@H](c2ccc(F)cc2)C3)c1OC. The molecule has 2 aliphatic rings. The molecular weight excluding hydrogens is 415 g/mol. The lowest BCUT2D eigenvalue weighted by Crippen LogP contribution is -2.27. The minimum atomic E-state index is -0.558. The number of anilines is 2. The average Bonchev–Trinajstić information content (AvgIpc) is 3.17. The van der Waals surface area contributed by atoms with Gasteiger partial charge in [0.1, 0.15) is 5.82 Å². The van der Waals surface area contributed by atoms with Gasteiger partial charge in [-0.3, -0.25) is 4.79 Å². The van der Waals surface area contributed by atoms with Gasteiger partial charge in [0.2, 0.25) is 11.6 Å². The second kappa shape index (κ2) is 7.99. The fourth-order valence-electron chi connectivity index (χ4n) is 4.44. The zero-order valence-corrected chi connectivity index (χ0v) is 17.5. The molecule has 9 heteroatoms. The molecule has 2 atom stereocenters. The maximum Gasteiger partial charge on any atom is 0.219 e. The van der Waals surface area contributed by atoms with Crippen LogP contribution in [0.4, 0.5) is 16.0 Å². The van der Waals surface area contributed by atoms with Gasteiger partial charge in [-0.2, -0.15) is 0 Å². The van der Waals surface area contributed by atoms with Crippen molar-refractivity contribution in [2.75, 3.05) is 24.9 Å². The van der Waals surface area contributed by atoms with Gasteiger partial charge in [-0.15, -0.1) is 0 Å². The van der Waals surface area contributed by atoms with Crippen LogP contribution in [0.1, 0.15) is 35.9 Å². The predicted molar refractivity (Wildman–Crippen MR) is 114 cm³/mol. The number of halogens is 1. The molecule has 32 heavy (non-hydrogen) atoms. The second-order valence-corrected chi connectivity index (χ2v) is 7.72. The fraction of sp³-hybridized carbons (Fsp3) is 0.261. The Morgan fingerprint density at radius 1 is 1.03 bits per heavy atom. The minimum absolute atomic E-state index is 0.0301. The highest BCUT2D eigenvalue weighted by Crippen LogP contribution is 2.46. The maximum atomic E-state index is 13.5. The van der Waals surface area contributed by atoms with Crippen molar-refractivity contribution in [2.24, 2.45) is 0 Å². The number of ketones is 1. The van der Waals surface area contributed by atoms with Gasteiger partial charge < -0.3 is 20.1 Å². The molecule has 0 radical (unpaired) electrons. The summed E-state index contributed by atoms with van der Waals surface area (Å²) in [5.74, 6) is 1.43. The van der Waals surface area contributed by atoms with E-state index in [1.165, 1.54) is 12.1 Å². The number of benzene rings is 2. The average molecular weight is 436 g/mol. The number of allylic oxidation sites excluding steroid dienone is 1. The van der Waals surface area contributed by atoms with Crippen molar-refractivity contribution in [3.8, 4) is 11.5 Å². The Bertz CT molecular complexity index is 1200. The molecule has 0 spiro atoms. The molecule has 164 valence electrons. The summed E-state index contributed by atoms with van der Waals surface area (Å²) in [7, 11) is 3.12. The Kier molecular flexibility index (Phi) is 5.01. The number of carbonyl (C=O) groups is 1. The van der Waals surface area contributed by atoms with Gasteiger partial charge in [-0.1, -0.05) is 24.3 Å². The third kappa shape index (κ3) is 3.35. The van der Waals surface area contributed by atoms with Gasteiger partial charge in [-0.05, 0) is 46.4 Å². The van der Waals surface area contributed by atoms with Crippen molar-refractivity contribution >= 4 is 17.4 Å². The Hall–Kier alpha value is -3.88. The summed E-state index contributed by atoms with van der Waals surface area (Å²) in [6.07, 6.45) is 0.843. The highest BCUT2D eigenvalue weighted by molar-refractivity contribution is 6.01. The molecule has 1 aromatic heterocycles. The van der Waals surface area contributed by atoms with E-state index in [2.05, 4.69) is 20.9 Å². The molecule has 0 saturated carbocycles. The summed E-state index contributed by atoms with van der Waals surface area (Å²) in [6, 6.07) is 11.2. The zero-order chi connectivity index (χ0) is 22.2. The number of hydrogen-bond acceptors (Lipinski definition) is 8.